The zero-order chi connectivity index (χ0) is 10.0. The topological polar surface area (TPSA) is 63.3 Å². The highest BCUT2D eigenvalue weighted by atomic mass is 79.9. The van der Waals surface area contributed by atoms with Gasteiger partial charge in [0.25, 0.3) is 0 Å². The van der Waals surface area contributed by atoms with Crippen molar-refractivity contribution in [1.82, 2.24) is 0 Å². The number of halogens is 2. The number of aromatic hydroxyl groups is 1. The summed E-state index contributed by atoms with van der Waals surface area (Å²) >= 11 is 2.91. The van der Waals surface area contributed by atoms with Crippen molar-refractivity contribution in [2.45, 2.75) is 0 Å². The van der Waals surface area contributed by atoms with Gasteiger partial charge >= 0.3 is 0 Å². The number of hydrogen-bond acceptors (Lipinski definition) is 3. The average Bonchev–Trinajstić information content (AvgIpc) is 2.10. The van der Waals surface area contributed by atoms with Crippen LogP contribution in [0.5, 0.6) is 5.75 Å². The van der Waals surface area contributed by atoms with Crippen molar-refractivity contribution >= 4 is 27.4 Å². The van der Waals surface area contributed by atoms with Crippen LogP contribution >= 0.6 is 15.9 Å². The first-order valence-electron chi connectivity index (χ1n) is 3.43. The van der Waals surface area contributed by atoms with Crippen molar-refractivity contribution in [2.75, 3.05) is 11.1 Å². The van der Waals surface area contributed by atoms with E-state index in [0.717, 1.165) is 12.1 Å². The molecule has 0 aliphatic rings. The quantitative estimate of drug-likeness (QED) is 0.362. The maximum absolute atomic E-state index is 13.0. The molecule has 1 aromatic rings. The molecule has 0 amide bonds. The van der Waals surface area contributed by atoms with Crippen LogP contribution in [0.15, 0.2) is 12.1 Å². The molecule has 0 aliphatic carbocycles. The van der Waals surface area contributed by atoms with E-state index < -0.39 is 11.6 Å². The fourth-order valence-electron chi connectivity index (χ4n) is 0.865. The van der Waals surface area contributed by atoms with Crippen LogP contribution in [0, 0.1) is 5.82 Å². The Morgan fingerprint density at radius 2 is 2.23 bits per heavy atom. The summed E-state index contributed by atoms with van der Waals surface area (Å²) in [6.07, 6.45) is 0. The summed E-state index contributed by atoms with van der Waals surface area (Å²) in [6.45, 7) is 0. The monoisotopic (exact) mass is 247 g/mol. The fraction of sp³-hybridized carbons (Fsp3) is 0.125. The normalized spacial score (nSPS) is 10.0. The van der Waals surface area contributed by atoms with Crippen LogP contribution in [0.2, 0.25) is 0 Å². The van der Waals surface area contributed by atoms with Crippen molar-refractivity contribution in [2.24, 2.45) is 0 Å². The van der Waals surface area contributed by atoms with E-state index in [0.29, 0.717) is 0 Å². The van der Waals surface area contributed by atoms with E-state index in [4.69, 9.17) is 10.8 Å². The summed E-state index contributed by atoms with van der Waals surface area (Å²) in [6, 6.07) is 1.94. The molecule has 0 saturated heterocycles. The summed E-state index contributed by atoms with van der Waals surface area (Å²) in [5, 5.41) is 9.01. The van der Waals surface area contributed by atoms with Crippen molar-refractivity contribution in [3.05, 3.63) is 23.5 Å². The van der Waals surface area contributed by atoms with Crippen molar-refractivity contribution in [3.8, 4) is 5.75 Å². The SMILES string of the molecule is Nc1cc(C(=O)CBr)c(F)cc1O. The molecule has 0 atom stereocenters. The maximum Gasteiger partial charge on any atom is 0.176 e. The second-order valence-electron chi connectivity index (χ2n) is 2.45. The van der Waals surface area contributed by atoms with Gasteiger partial charge in [0.05, 0.1) is 16.6 Å². The number of phenolic OH excluding ortho intramolecular Hbond substituents is 1. The second kappa shape index (κ2) is 3.74. The number of Topliss-reactive ketones (excluding diaryl/α,β-unsaturated/α-hetero) is 1. The lowest BCUT2D eigenvalue weighted by Gasteiger charge is -2.03. The van der Waals surface area contributed by atoms with Crippen LogP contribution in [-0.2, 0) is 0 Å². The summed E-state index contributed by atoms with van der Waals surface area (Å²) in [7, 11) is 0. The molecule has 70 valence electrons. The third-order valence-electron chi connectivity index (χ3n) is 1.54. The third-order valence-corrected chi connectivity index (χ3v) is 2.05. The van der Waals surface area contributed by atoms with Gasteiger partial charge in [-0.3, -0.25) is 4.79 Å². The van der Waals surface area contributed by atoms with Gasteiger partial charge in [-0.05, 0) is 6.07 Å². The minimum absolute atomic E-state index is 0.00861. The third kappa shape index (κ3) is 1.98. The number of nitrogen functional groups attached to an aromatic ring is 1. The molecule has 0 radical (unpaired) electrons. The molecule has 3 nitrogen and oxygen atoms in total. The van der Waals surface area contributed by atoms with Crippen LogP contribution in [-0.4, -0.2) is 16.2 Å². The molecule has 0 aromatic heterocycles. The number of phenols is 1. The predicted octanol–water partition coefficient (Wildman–Crippen LogP) is 1.69. The summed E-state index contributed by atoms with van der Waals surface area (Å²) in [4.78, 5) is 11.1. The smallest absolute Gasteiger partial charge is 0.176 e. The van der Waals surface area contributed by atoms with Gasteiger partial charge < -0.3 is 10.8 Å². The second-order valence-corrected chi connectivity index (χ2v) is 3.01. The summed E-state index contributed by atoms with van der Waals surface area (Å²) in [5.74, 6) is -1.54. The average molecular weight is 248 g/mol. The van der Waals surface area contributed by atoms with Crippen LogP contribution in [0.3, 0.4) is 0 Å². The van der Waals surface area contributed by atoms with Gasteiger partial charge in [-0.25, -0.2) is 4.39 Å². The number of hydrogen-bond donors (Lipinski definition) is 2. The minimum atomic E-state index is -0.767. The van der Waals surface area contributed by atoms with E-state index in [-0.39, 0.29) is 22.3 Å². The lowest BCUT2D eigenvalue weighted by Crippen LogP contribution is -2.04. The molecule has 0 spiro atoms. The number of nitrogens with two attached hydrogens (primary N) is 1. The Morgan fingerprint density at radius 3 is 2.77 bits per heavy atom. The molecule has 0 bridgehead atoms. The maximum atomic E-state index is 13.0. The Kier molecular flexibility index (Phi) is 2.87. The van der Waals surface area contributed by atoms with Gasteiger partial charge in [-0.1, -0.05) is 15.9 Å². The van der Waals surface area contributed by atoms with Crippen LogP contribution < -0.4 is 5.73 Å². The van der Waals surface area contributed by atoms with Crippen LogP contribution in [0.4, 0.5) is 10.1 Å². The van der Waals surface area contributed by atoms with Crippen LogP contribution in [0.1, 0.15) is 10.4 Å². The van der Waals surface area contributed by atoms with E-state index in [1.54, 1.807) is 0 Å². The fourth-order valence-corrected chi connectivity index (χ4v) is 1.17. The molecule has 1 aromatic carbocycles. The highest BCUT2D eigenvalue weighted by Gasteiger charge is 2.12. The first-order valence-corrected chi connectivity index (χ1v) is 4.55. The zero-order valence-electron chi connectivity index (χ0n) is 6.55. The Balaban J connectivity index is 3.23. The first kappa shape index (κ1) is 9.98. The van der Waals surface area contributed by atoms with Crippen molar-refractivity contribution < 1.29 is 14.3 Å². The Morgan fingerprint density at radius 1 is 1.62 bits per heavy atom. The molecule has 0 aliphatic heterocycles. The molecule has 1 rings (SSSR count). The van der Waals surface area contributed by atoms with Gasteiger partial charge in [-0.2, -0.15) is 0 Å². The lowest BCUT2D eigenvalue weighted by molar-refractivity contribution is 0.102. The number of ketones is 1. The predicted molar refractivity (Wildman–Crippen MR) is 50.6 cm³/mol. The minimum Gasteiger partial charge on any atom is -0.506 e. The van der Waals surface area contributed by atoms with Crippen molar-refractivity contribution in [3.63, 3.8) is 0 Å². The van der Waals surface area contributed by atoms with E-state index >= 15 is 0 Å². The Hall–Kier alpha value is -1.10. The highest BCUT2D eigenvalue weighted by molar-refractivity contribution is 9.09. The molecule has 0 fully saturated rings. The number of anilines is 1. The largest absolute Gasteiger partial charge is 0.506 e. The van der Waals surface area contributed by atoms with E-state index in [2.05, 4.69) is 15.9 Å². The summed E-state index contributed by atoms with van der Waals surface area (Å²) < 4.78 is 13.0. The van der Waals surface area contributed by atoms with Crippen molar-refractivity contribution in [1.29, 1.82) is 0 Å². The molecule has 0 heterocycles. The molecular formula is C8H7BrFNO2. The highest BCUT2D eigenvalue weighted by Crippen LogP contribution is 2.24. The first-order chi connectivity index (χ1) is 6.06. The lowest BCUT2D eigenvalue weighted by atomic mass is 10.1. The number of alkyl halides is 1. The molecule has 5 heteroatoms. The van der Waals surface area contributed by atoms with Gasteiger partial charge in [0.15, 0.2) is 5.78 Å². The Bertz CT molecular complexity index is 354. The Labute approximate surface area is 82.5 Å². The van der Waals surface area contributed by atoms with Gasteiger partial charge in [0.2, 0.25) is 0 Å². The van der Waals surface area contributed by atoms with E-state index in [1.165, 1.54) is 0 Å². The molecule has 13 heavy (non-hydrogen) atoms. The zero-order valence-corrected chi connectivity index (χ0v) is 8.14. The molecular weight excluding hydrogens is 241 g/mol. The molecule has 3 N–H and O–H groups in total. The van der Waals surface area contributed by atoms with Gasteiger partial charge in [-0.15, -0.1) is 0 Å². The van der Waals surface area contributed by atoms with Gasteiger partial charge in [0, 0.05) is 6.07 Å². The molecule has 0 saturated carbocycles. The number of carbonyl (C=O) groups excluding carboxylic acids is 1. The number of carbonyl (C=O) groups is 1. The number of rotatable bonds is 2. The van der Waals surface area contributed by atoms with Gasteiger partial charge in [0.1, 0.15) is 11.6 Å². The van der Waals surface area contributed by atoms with Crippen LogP contribution in [0.25, 0.3) is 0 Å². The van der Waals surface area contributed by atoms with E-state index in [1.807, 2.05) is 0 Å². The summed E-state index contributed by atoms with van der Waals surface area (Å²) in [5.41, 5.74) is 5.17. The molecule has 0 unspecified atom stereocenters. The number of benzene rings is 1. The van der Waals surface area contributed by atoms with E-state index in [9.17, 15) is 9.18 Å². The standard InChI is InChI=1S/C8H7BrFNO2/c9-3-8(13)4-1-6(11)7(12)2-5(4)10/h1-2,12H,3,11H2.